The van der Waals surface area contributed by atoms with Crippen LogP contribution in [0.2, 0.25) is 0 Å². The van der Waals surface area contributed by atoms with Crippen LogP contribution in [0, 0.1) is 12.3 Å². The molecule has 0 radical (unpaired) electrons. The molecular formula is C18H27NS. The fraction of sp³-hybridized carbons (Fsp3) is 0.667. The van der Waals surface area contributed by atoms with Gasteiger partial charge in [-0.25, -0.2) is 0 Å². The van der Waals surface area contributed by atoms with E-state index in [-0.39, 0.29) is 0 Å². The molecule has 1 aromatic carbocycles. The molecule has 1 fully saturated rings. The summed E-state index contributed by atoms with van der Waals surface area (Å²) in [5, 5.41) is 0. The summed E-state index contributed by atoms with van der Waals surface area (Å²) in [5.74, 6) is 1.24. The summed E-state index contributed by atoms with van der Waals surface area (Å²) in [6, 6.07) is 6.94. The summed E-state index contributed by atoms with van der Waals surface area (Å²) in [7, 11) is 0. The number of hydrogen-bond donors (Lipinski definition) is 0. The van der Waals surface area contributed by atoms with E-state index >= 15 is 0 Å². The van der Waals surface area contributed by atoms with Gasteiger partial charge in [0.1, 0.15) is 0 Å². The molecule has 1 saturated carbocycles. The van der Waals surface area contributed by atoms with Crippen molar-refractivity contribution >= 4 is 11.8 Å². The van der Waals surface area contributed by atoms with Crippen molar-refractivity contribution < 1.29 is 0 Å². The fourth-order valence-electron chi connectivity index (χ4n) is 3.12. The highest BCUT2D eigenvalue weighted by Crippen LogP contribution is 2.49. The minimum Gasteiger partial charge on any atom is -0.298 e. The van der Waals surface area contributed by atoms with Crippen molar-refractivity contribution in [2.75, 3.05) is 18.8 Å². The number of benzene rings is 1. The monoisotopic (exact) mass is 289 g/mol. The Labute approximate surface area is 128 Å². The van der Waals surface area contributed by atoms with Gasteiger partial charge in [0.15, 0.2) is 0 Å². The maximum absolute atomic E-state index is 2.66. The Morgan fingerprint density at radius 1 is 1.25 bits per heavy atom. The number of rotatable bonds is 5. The van der Waals surface area contributed by atoms with E-state index in [0.717, 1.165) is 12.0 Å². The zero-order chi connectivity index (χ0) is 14.0. The molecule has 1 aliphatic carbocycles. The van der Waals surface area contributed by atoms with Gasteiger partial charge in [-0.2, -0.15) is 0 Å². The van der Waals surface area contributed by atoms with Gasteiger partial charge in [-0.3, -0.25) is 4.90 Å². The van der Waals surface area contributed by atoms with Gasteiger partial charge in [-0.1, -0.05) is 31.0 Å². The lowest BCUT2D eigenvalue weighted by Gasteiger charge is -2.20. The van der Waals surface area contributed by atoms with Crippen LogP contribution < -0.4 is 0 Å². The predicted molar refractivity (Wildman–Crippen MR) is 88.4 cm³/mol. The Morgan fingerprint density at radius 2 is 2.10 bits per heavy atom. The standard InChI is InChI=1S/C18H27NS/c1-15-5-6-17-16(13-15)14-19(11-12-20-17)10-4-3-7-18(2)8-9-18/h5-6,13H,3-4,7-12,14H2,1-2H3. The first-order valence-electron chi connectivity index (χ1n) is 8.09. The van der Waals surface area contributed by atoms with Gasteiger partial charge < -0.3 is 0 Å². The summed E-state index contributed by atoms with van der Waals surface area (Å²) < 4.78 is 0. The zero-order valence-electron chi connectivity index (χ0n) is 13.0. The predicted octanol–water partition coefficient (Wildman–Crippen LogP) is 4.87. The Bertz CT molecular complexity index is 464. The molecular weight excluding hydrogens is 262 g/mol. The van der Waals surface area contributed by atoms with Crippen molar-refractivity contribution in [1.29, 1.82) is 0 Å². The number of unbranched alkanes of at least 4 members (excludes halogenated alkanes) is 1. The van der Waals surface area contributed by atoms with Crippen molar-refractivity contribution in [3.8, 4) is 0 Å². The quantitative estimate of drug-likeness (QED) is 0.711. The lowest BCUT2D eigenvalue weighted by atomic mass is 10.0. The second-order valence-corrected chi connectivity index (χ2v) is 8.14. The minimum atomic E-state index is 0.734. The SMILES string of the molecule is Cc1ccc2c(c1)CN(CCCCC1(C)CC1)CCS2. The Balaban J connectivity index is 1.50. The molecule has 1 heterocycles. The summed E-state index contributed by atoms with van der Waals surface area (Å²) in [5.41, 5.74) is 3.67. The highest BCUT2D eigenvalue weighted by Gasteiger charge is 2.35. The summed E-state index contributed by atoms with van der Waals surface area (Å²) >= 11 is 2.03. The largest absolute Gasteiger partial charge is 0.298 e. The molecule has 0 amide bonds. The van der Waals surface area contributed by atoms with Gasteiger partial charge in [-0.15, -0.1) is 11.8 Å². The molecule has 0 aromatic heterocycles. The zero-order valence-corrected chi connectivity index (χ0v) is 13.8. The minimum absolute atomic E-state index is 0.734. The van der Waals surface area contributed by atoms with Crippen LogP contribution in [0.1, 0.15) is 50.2 Å². The second kappa shape index (κ2) is 6.11. The van der Waals surface area contributed by atoms with Crippen molar-refractivity contribution in [1.82, 2.24) is 4.90 Å². The molecule has 110 valence electrons. The van der Waals surface area contributed by atoms with Crippen LogP contribution in [-0.2, 0) is 6.54 Å². The van der Waals surface area contributed by atoms with E-state index in [2.05, 4.69) is 36.9 Å². The smallest absolute Gasteiger partial charge is 0.0245 e. The van der Waals surface area contributed by atoms with E-state index < -0.39 is 0 Å². The average Bonchev–Trinajstić information content (AvgIpc) is 3.17. The van der Waals surface area contributed by atoms with Crippen molar-refractivity contribution in [3.05, 3.63) is 29.3 Å². The molecule has 1 aliphatic heterocycles. The normalized spacial score (nSPS) is 21.3. The molecule has 20 heavy (non-hydrogen) atoms. The number of nitrogens with zero attached hydrogens (tertiary/aromatic N) is 1. The van der Waals surface area contributed by atoms with Gasteiger partial charge in [0, 0.05) is 23.7 Å². The lowest BCUT2D eigenvalue weighted by Crippen LogP contribution is -2.25. The van der Waals surface area contributed by atoms with Crippen LogP contribution in [0.5, 0.6) is 0 Å². The number of fused-ring (bicyclic) bond motifs is 1. The molecule has 1 aromatic rings. The van der Waals surface area contributed by atoms with Crippen molar-refractivity contribution in [3.63, 3.8) is 0 Å². The van der Waals surface area contributed by atoms with Gasteiger partial charge in [-0.05, 0) is 56.2 Å². The van der Waals surface area contributed by atoms with E-state index in [1.54, 1.807) is 5.56 Å². The first kappa shape index (κ1) is 14.5. The molecule has 0 bridgehead atoms. The molecule has 0 spiro atoms. The topological polar surface area (TPSA) is 3.24 Å². The van der Waals surface area contributed by atoms with E-state index in [1.165, 1.54) is 61.4 Å². The Kier molecular flexibility index (Phi) is 4.42. The maximum Gasteiger partial charge on any atom is 0.0245 e. The maximum atomic E-state index is 2.66. The molecule has 0 N–H and O–H groups in total. The summed E-state index contributed by atoms with van der Waals surface area (Å²) in [4.78, 5) is 4.16. The van der Waals surface area contributed by atoms with E-state index in [9.17, 15) is 0 Å². The van der Waals surface area contributed by atoms with E-state index in [1.807, 2.05) is 11.8 Å². The first-order valence-corrected chi connectivity index (χ1v) is 9.08. The third-order valence-corrected chi connectivity index (χ3v) is 5.98. The fourth-order valence-corrected chi connectivity index (χ4v) is 4.16. The van der Waals surface area contributed by atoms with Gasteiger partial charge in [0.05, 0.1) is 0 Å². The van der Waals surface area contributed by atoms with Crippen LogP contribution in [0.4, 0.5) is 0 Å². The number of aryl methyl sites for hydroxylation is 1. The van der Waals surface area contributed by atoms with Crippen LogP contribution in [0.25, 0.3) is 0 Å². The first-order chi connectivity index (χ1) is 9.65. The van der Waals surface area contributed by atoms with Crippen molar-refractivity contribution in [2.45, 2.75) is 57.4 Å². The van der Waals surface area contributed by atoms with E-state index in [0.29, 0.717) is 0 Å². The van der Waals surface area contributed by atoms with Crippen molar-refractivity contribution in [2.24, 2.45) is 5.41 Å². The van der Waals surface area contributed by atoms with Crippen LogP contribution >= 0.6 is 11.8 Å². The van der Waals surface area contributed by atoms with Crippen LogP contribution in [0.15, 0.2) is 23.1 Å². The Hall–Kier alpha value is -0.470. The van der Waals surface area contributed by atoms with Gasteiger partial charge in [0.25, 0.3) is 0 Å². The molecule has 1 nitrogen and oxygen atoms in total. The number of hydrogen-bond acceptors (Lipinski definition) is 2. The molecule has 2 heteroatoms. The molecule has 0 saturated heterocycles. The van der Waals surface area contributed by atoms with Gasteiger partial charge in [0.2, 0.25) is 0 Å². The highest BCUT2D eigenvalue weighted by atomic mass is 32.2. The molecule has 0 atom stereocenters. The molecule has 0 unspecified atom stereocenters. The van der Waals surface area contributed by atoms with E-state index in [4.69, 9.17) is 0 Å². The van der Waals surface area contributed by atoms with Crippen LogP contribution in [-0.4, -0.2) is 23.7 Å². The molecule has 2 aliphatic rings. The highest BCUT2D eigenvalue weighted by molar-refractivity contribution is 7.99. The van der Waals surface area contributed by atoms with Gasteiger partial charge >= 0.3 is 0 Å². The average molecular weight is 289 g/mol. The Morgan fingerprint density at radius 3 is 2.90 bits per heavy atom. The third kappa shape index (κ3) is 3.79. The molecule has 3 rings (SSSR count). The third-order valence-electron chi connectivity index (χ3n) is 4.88. The summed E-state index contributed by atoms with van der Waals surface area (Å²) in [6.45, 7) is 8.34. The lowest BCUT2D eigenvalue weighted by molar-refractivity contribution is 0.272. The summed E-state index contributed by atoms with van der Waals surface area (Å²) in [6.07, 6.45) is 7.19. The van der Waals surface area contributed by atoms with Crippen LogP contribution in [0.3, 0.4) is 0 Å². The second-order valence-electron chi connectivity index (χ2n) is 7.00. The number of thioether (sulfide) groups is 1.